The fraction of sp³-hybridized carbons (Fsp3) is 0.923. The highest BCUT2D eigenvalue weighted by molar-refractivity contribution is 7.80. The first-order valence-corrected chi connectivity index (χ1v) is 18.4. The topological polar surface area (TPSA) is 73.8 Å². The molecule has 0 aliphatic heterocycles. The molecule has 0 rings (SSSR count). The van der Waals surface area contributed by atoms with Gasteiger partial charge in [-0.3, -0.25) is 0 Å². The molecule has 0 bridgehead atoms. The Kier molecular flexibility index (Phi) is 27.4. The van der Waals surface area contributed by atoms with Crippen LogP contribution in [0, 0.1) is 0 Å². The molecule has 0 amide bonds. The summed E-state index contributed by atoms with van der Waals surface area (Å²) < 4.78 is 43.0. The second kappa shape index (κ2) is 25.9. The molecule has 0 saturated heterocycles. The minimum atomic E-state index is -2.36. The molecule has 228 valence electrons. The van der Waals surface area contributed by atoms with E-state index in [1.54, 1.807) is 42.7 Å². The maximum absolute atomic E-state index is 5.44. The minimum Gasteiger partial charge on any atom is -0.487 e. The van der Waals surface area contributed by atoms with Crippen molar-refractivity contribution in [3.8, 4) is 0 Å². The summed E-state index contributed by atoms with van der Waals surface area (Å²) in [6.45, 7) is 6.44. The monoisotopic (exact) mass is 616 g/mol. The number of thiocarbonyl (C=S) groups is 2. The van der Waals surface area contributed by atoms with Crippen LogP contribution in [-0.2, 0) is 36.0 Å². The van der Waals surface area contributed by atoms with E-state index in [2.05, 4.69) is 6.92 Å². The van der Waals surface area contributed by atoms with Crippen molar-refractivity contribution in [3.05, 3.63) is 0 Å². The Morgan fingerprint density at radius 2 is 0.921 bits per heavy atom. The zero-order valence-electron chi connectivity index (χ0n) is 25.6. The van der Waals surface area contributed by atoms with Crippen LogP contribution in [0.25, 0.3) is 0 Å². The van der Waals surface area contributed by atoms with E-state index in [1.165, 1.54) is 32.1 Å². The molecule has 0 aliphatic rings. The number of hydrogen-bond donors (Lipinski definition) is 0. The van der Waals surface area contributed by atoms with Gasteiger partial charge in [-0.05, 0) is 63.5 Å². The number of rotatable bonds is 23. The van der Waals surface area contributed by atoms with Gasteiger partial charge in [0.15, 0.2) is 10.1 Å². The zero-order chi connectivity index (χ0) is 29.3. The largest absolute Gasteiger partial charge is 0.500 e. The predicted molar refractivity (Wildman–Crippen MR) is 167 cm³/mol. The lowest BCUT2D eigenvalue weighted by Gasteiger charge is -2.24. The van der Waals surface area contributed by atoms with Crippen molar-refractivity contribution in [2.24, 2.45) is 0 Å². The summed E-state index contributed by atoms with van der Waals surface area (Å²) >= 11 is 9.76. The molecule has 38 heavy (non-hydrogen) atoms. The number of unbranched alkanes of at least 4 members (excludes halogenated alkanes) is 8. The molecule has 0 N–H and O–H groups in total. The maximum Gasteiger partial charge on any atom is 0.500 e. The summed E-state index contributed by atoms with van der Waals surface area (Å²) in [7, 11) is 5.26. The van der Waals surface area contributed by atoms with Crippen LogP contribution in [0.1, 0.15) is 91.4 Å². The van der Waals surface area contributed by atoms with Crippen LogP contribution >= 0.6 is 24.4 Å². The van der Waals surface area contributed by atoms with Gasteiger partial charge in [-0.15, -0.1) is 0 Å². The third-order valence-electron chi connectivity index (χ3n) is 6.26. The lowest BCUT2D eigenvalue weighted by molar-refractivity contribution is 0.122. The molecule has 12 heteroatoms. The lowest BCUT2D eigenvalue weighted by Crippen LogP contribution is -2.42. The van der Waals surface area contributed by atoms with E-state index in [0.717, 1.165) is 57.2 Å². The summed E-state index contributed by atoms with van der Waals surface area (Å²) in [6.07, 6.45) is 12.9. The summed E-state index contributed by atoms with van der Waals surface area (Å²) in [5.74, 6) is 0. The van der Waals surface area contributed by atoms with E-state index in [0.29, 0.717) is 10.1 Å². The highest BCUT2D eigenvalue weighted by Gasteiger charge is 2.37. The van der Waals surface area contributed by atoms with Gasteiger partial charge in [0.25, 0.3) is 0 Å². The predicted octanol–water partition coefficient (Wildman–Crippen LogP) is 7.14. The standard InChI is InChI=1S/2C13H28O4SSi/c1-12(17-13(2)18)10-8-6-7-9-11-19(14-3,15-4)16-5;1-13(18)17-11-9-7-5-6-8-10-12-19(14-2,15-3)16-4/h12H,6-11H2,1-5H3;5-12H2,1-4H3. The molecule has 0 fully saturated rings. The Labute approximate surface area is 246 Å². The molecular formula is C26H56O8S2Si2. The molecule has 8 nitrogen and oxygen atoms in total. The van der Waals surface area contributed by atoms with E-state index >= 15 is 0 Å². The van der Waals surface area contributed by atoms with Gasteiger partial charge in [0.2, 0.25) is 0 Å². The Balaban J connectivity index is 0. The second-order valence-electron chi connectivity index (χ2n) is 9.18. The molecular weight excluding hydrogens is 561 g/mol. The smallest absolute Gasteiger partial charge is 0.487 e. The quantitative estimate of drug-likeness (QED) is 0.0672. The summed E-state index contributed by atoms with van der Waals surface area (Å²) in [5.41, 5.74) is 0. The first-order valence-electron chi connectivity index (χ1n) is 13.7. The molecule has 1 atom stereocenters. The first-order chi connectivity index (χ1) is 18.1. The minimum absolute atomic E-state index is 0.225. The van der Waals surface area contributed by atoms with Gasteiger partial charge in [0.05, 0.1) is 12.7 Å². The Hall–Kier alpha value is -0.0262. The zero-order valence-corrected chi connectivity index (χ0v) is 29.2. The van der Waals surface area contributed by atoms with Crippen molar-refractivity contribution >= 4 is 52.1 Å². The van der Waals surface area contributed by atoms with Crippen molar-refractivity contribution in [2.45, 2.75) is 110 Å². The van der Waals surface area contributed by atoms with Gasteiger partial charge in [-0.2, -0.15) is 0 Å². The molecule has 0 aromatic heterocycles. The fourth-order valence-electron chi connectivity index (χ4n) is 3.95. The molecule has 0 saturated carbocycles. The second-order valence-corrected chi connectivity index (χ2v) is 16.5. The van der Waals surface area contributed by atoms with Crippen LogP contribution in [0.15, 0.2) is 0 Å². The molecule has 0 aromatic carbocycles. The number of ether oxygens (including phenoxy) is 2. The Morgan fingerprint density at radius 3 is 1.29 bits per heavy atom. The summed E-state index contributed by atoms with van der Waals surface area (Å²) in [5, 5.41) is 1.27. The van der Waals surface area contributed by atoms with Crippen molar-refractivity contribution < 1.29 is 36.0 Å². The maximum atomic E-state index is 5.44. The molecule has 0 aromatic rings. The molecule has 0 heterocycles. The Bertz CT molecular complexity index is 563. The Morgan fingerprint density at radius 1 is 0.553 bits per heavy atom. The van der Waals surface area contributed by atoms with Gasteiger partial charge >= 0.3 is 17.6 Å². The average molecular weight is 617 g/mol. The van der Waals surface area contributed by atoms with Crippen LogP contribution in [0.4, 0.5) is 0 Å². The van der Waals surface area contributed by atoms with E-state index in [-0.39, 0.29) is 6.10 Å². The number of hydrogen-bond acceptors (Lipinski definition) is 10. The van der Waals surface area contributed by atoms with Gasteiger partial charge in [-0.25, -0.2) is 0 Å². The van der Waals surface area contributed by atoms with Crippen LogP contribution in [0.2, 0.25) is 12.1 Å². The van der Waals surface area contributed by atoms with Gasteiger partial charge in [0, 0.05) is 68.6 Å². The van der Waals surface area contributed by atoms with Gasteiger partial charge in [-0.1, -0.05) is 38.5 Å². The van der Waals surface area contributed by atoms with Crippen LogP contribution in [0.5, 0.6) is 0 Å². The lowest BCUT2D eigenvalue weighted by atomic mass is 10.1. The van der Waals surface area contributed by atoms with E-state index < -0.39 is 17.6 Å². The normalized spacial score (nSPS) is 12.4. The van der Waals surface area contributed by atoms with Gasteiger partial charge < -0.3 is 36.0 Å². The third kappa shape index (κ3) is 21.8. The van der Waals surface area contributed by atoms with Crippen molar-refractivity contribution in [2.75, 3.05) is 49.3 Å². The highest BCUT2D eigenvalue weighted by atomic mass is 32.1. The van der Waals surface area contributed by atoms with E-state index in [4.69, 9.17) is 60.5 Å². The average Bonchev–Trinajstić information content (AvgIpc) is 2.90. The van der Waals surface area contributed by atoms with Crippen molar-refractivity contribution in [1.82, 2.24) is 0 Å². The molecule has 0 radical (unpaired) electrons. The van der Waals surface area contributed by atoms with E-state index in [9.17, 15) is 0 Å². The molecule has 0 aliphatic carbocycles. The van der Waals surface area contributed by atoms with Crippen molar-refractivity contribution in [1.29, 1.82) is 0 Å². The SMILES string of the molecule is CO[Si](CCCCCCC(C)OC(C)=S)(OC)OC.CO[Si](CCCCCCCCOC(C)=S)(OC)OC. The fourth-order valence-corrected chi connectivity index (χ4v) is 7.79. The first kappa shape index (κ1) is 40.1. The van der Waals surface area contributed by atoms with Gasteiger partial charge in [0.1, 0.15) is 0 Å². The summed E-state index contributed by atoms with van der Waals surface area (Å²) in [4.78, 5) is 0. The van der Waals surface area contributed by atoms with Crippen LogP contribution in [-0.4, -0.2) is 83.1 Å². The van der Waals surface area contributed by atoms with Crippen molar-refractivity contribution in [3.63, 3.8) is 0 Å². The highest BCUT2D eigenvalue weighted by Crippen LogP contribution is 2.19. The summed E-state index contributed by atoms with van der Waals surface area (Å²) in [6, 6.07) is 1.77. The van der Waals surface area contributed by atoms with Crippen LogP contribution < -0.4 is 0 Å². The van der Waals surface area contributed by atoms with E-state index in [1.807, 2.05) is 13.8 Å². The third-order valence-corrected chi connectivity index (χ3v) is 12.1. The van der Waals surface area contributed by atoms with Crippen LogP contribution in [0.3, 0.4) is 0 Å². The molecule has 1 unspecified atom stereocenters. The molecule has 0 spiro atoms.